The lowest BCUT2D eigenvalue weighted by molar-refractivity contribution is 0.0979. The maximum atomic E-state index is 12.5. The molecule has 1 aliphatic heterocycles. The van der Waals surface area contributed by atoms with Gasteiger partial charge in [0.05, 0.1) is 11.0 Å². The van der Waals surface area contributed by atoms with E-state index in [1.165, 1.54) is 15.6 Å². The van der Waals surface area contributed by atoms with Crippen LogP contribution in [0.5, 0.6) is 0 Å². The van der Waals surface area contributed by atoms with Gasteiger partial charge in [0.25, 0.3) is 0 Å². The first-order valence-electron chi connectivity index (χ1n) is 7.28. The molecule has 0 aliphatic carbocycles. The highest BCUT2D eigenvalue weighted by molar-refractivity contribution is 7.89. The molecule has 0 radical (unpaired) electrons. The molecule has 0 saturated carbocycles. The standard InChI is InChI=1S/C14H24N2O3S2/c1-11(2)15-8-13-7-14(10-20-13)21(17,18)16(3)9-12-5-4-6-19-12/h7,10-12,15H,4-6,8-9H2,1-3H3. The lowest BCUT2D eigenvalue weighted by atomic mass is 10.2. The van der Waals surface area contributed by atoms with Gasteiger partial charge in [-0.25, -0.2) is 8.42 Å². The van der Waals surface area contributed by atoms with E-state index < -0.39 is 10.0 Å². The highest BCUT2D eigenvalue weighted by atomic mass is 32.2. The van der Waals surface area contributed by atoms with E-state index in [1.807, 2.05) is 0 Å². The minimum atomic E-state index is -3.41. The molecule has 120 valence electrons. The summed E-state index contributed by atoms with van der Waals surface area (Å²) in [5.74, 6) is 0. The van der Waals surface area contributed by atoms with E-state index in [0.717, 1.165) is 24.3 Å². The smallest absolute Gasteiger partial charge is 0.243 e. The summed E-state index contributed by atoms with van der Waals surface area (Å²) in [5.41, 5.74) is 0. The van der Waals surface area contributed by atoms with Gasteiger partial charge in [0.15, 0.2) is 0 Å². The molecular weight excluding hydrogens is 308 g/mol. The van der Waals surface area contributed by atoms with Crippen LogP contribution in [0.25, 0.3) is 0 Å². The largest absolute Gasteiger partial charge is 0.377 e. The predicted octanol–water partition coefficient (Wildman–Crippen LogP) is 2.05. The summed E-state index contributed by atoms with van der Waals surface area (Å²) >= 11 is 1.48. The minimum absolute atomic E-state index is 0.0329. The topological polar surface area (TPSA) is 58.6 Å². The van der Waals surface area contributed by atoms with E-state index in [0.29, 0.717) is 24.0 Å². The number of nitrogens with zero attached hydrogens (tertiary/aromatic N) is 1. The van der Waals surface area contributed by atoms with E-state index >= 15 is 0 Å². The maximum Gasteiger partial charge on any atom is 0.243 e. The highest BCUT2D eigenvalue weighted by Crippen LogP contribution is 2.23. The molecule has 1 saturated heterocycles. The van der Waals surface area contributed by atoms with Gasteiger partial charge in [0, 0.05) is 43.0 Å². The first-order chi connectivity index (χ1) is 9.89. The second kappa shape index (κ2) is 7.19. The molecule has 21 heavy (non-hydrogen) atoms. The molecule has 0 amide bonds. The number of hydrogen-bond acceptors (Lipinski definition) is 5. The van der Waals surface area contributed by atoms with Crippen LogP contribution in [0.2, 0.25) is 0 Å². The summed E-state index contributed by atoms with van der Waals surface area (Å²) in [7, 11) is -1.78. The van der Waals surface area contributed by atoms with E-state index in [2.05, 4.69) is 19.2 Å². The van der Waals surface area contributed by atoms with Gasteiger partial charge in [0.2, 0.25) is 10.0 Å². The van der Waals surface area contributed by atoms with E-state index in [4.69, 9.17) is 4.74 Å². The number of rotatable bonds is 7. The molecule has 1 aliphatic rings. The SMILES string of the molecule is CC(C)NCc1cc(S(=O)(=O)N(C)CC2CCCO2)cs1. The lowest BCUT2D eigenvalue weighted by Crippen LogP contribution is -2.33. The van der Waals surface area contributed by atoms with Crippen LogP contribution in [0.3, 0.4) is 0 Å². The quantitative estimate of drug-likeness (QED) is 0.830. The number of ether oxygens (including phenoxy) is 1. The summed E-state index contributed by atoms with van der Waals surface area (Å²) < 4.78 is 32.0. The molecule has 1 atom stereocenters. The highest BCUT2D eigenvalue weighted by Gasteiger charge is 2.26. The van der Waals surface area contributed by atoms with Gasteiger partial charge in [-0.15, -0.1) is 11.3 Å². The van der Waals surface area contributed by atoms with Crippen LogP contribution in [-0.4, -0.2) is 45.1 Å². The molecular formula is C14H24N2O3S2. The molecule has 1 fully saturated rings. The van der Waals surface area contributed by atoms with E-state index in [9.17, 15) is 8.42 Å². The van der Waals surface area contributed by atoms with Crippen molar-refractivity contribution < 1.29 is 13.2 Å². The first-order valence-corrected chi connectivity index (χ1v) is 9.60. The summed E-state index contributed by atoms with van der Waals surface area (Å²) in [5, 5.41) is 5.02. The van der Waals surface area contributed by atoms with Gasteiger partial charge in [0.1, 0.15) is 0 Å². The lowest BCUT2D eigenvalue weighted by Gasteiger charge is -2.19. The molecule has 1 aromatic heterocycles. The van der Waals surface area contributed by atoms with Gasteiger partial charge >= 0.3 is 0 Å². The van der Waals surface area contributed by atoms with Crippen LogP contribution >= 0.6 is 11.3 Å². The maximum absolute atomic E-state index is 12.5. The van der Waals surface area contributed by atoms with Gasteiger partial charge in [-0.05, 0) is 18.9 Å². The van der Waals surface area contributed by atoms with Crippen LogP contribution in [0.15, 0.2) is 16.3 Å². The van der Waals surface area contributed by atoms with Crippen molar-refractivity contribution in [1.29, 1.82) is 0 Å². The van der Waals surface area contributed by atoms with Crippen molar-refractivity contribution in [2.75, 3.05) is 20.2 Å². The number of likely N-dealkylation sites (N-methyl/N-ethyl adjacent to an activating group) is 1. The normalized spacial score (nSPS) is 19.8. The summed E-state index contributed by atoms with van der Waals surface area (Å²) in [6.45, 7) is 6.01. The summed E-state index contributed by atoms with van der Waals surface area (Å²) in [6, 6.07) is 2.15. The first kappa shape index (κ1) is 16.9. The van der Waals surface area contributed by atoms with E-state index in [1.54, 1.807) is 18.5 Å². The number of nitrogens with one attached hydrogen (secondary N) is 1. The Labute approximate surface area is 131 Å². The monoisotopic (exact) mass is 332 g/mol. The van der Waals surface area contributed by atoms with Crippen molar-refractivity contribution >= 4 is 21.4 Å². The summed E-state index contributed by atoms with van der Waals surface area (Å²) in [6.07, 6.45) is 1.99. The molecule has 7 heteroatoms. The van der Waals surface area contributed by atoms with Crippen LogP contribution in [0, 0.1) is 0 Å². The molecule has 2 heterocycles. The fourth-order valence-corrected chi connectivity index (χ4v) is 4.66. The fraction of sp³-hybridized carbons (Fsp3) is 0.714. The van der Waals surface area contributed by atoms with Gasteiger partial charge in [-0.3, -0.25) is 0 Å². The average Bonchev–Trinajstić information content (AvgIpc) is 3.07. The zero-order valence-corrected chi connectivity index (χ0v) is 14.5. The average molecular weight is 332 g/mol. The zero-order valence-electron chi connectivity index (χ0n) is 12.8. The Kier molecular flexibility index (Phi) is 5.79. The molecule has 0 spiro atoms. The molecule has 0 bridgehead atoms. The fourth-order valence-electron chi connectivity index (χ4n) is 2.25. The molecule has 0 aromatic carbocycles. The second-order valence-corrected chi connectivity index (χ2v) is 8.75. The second-order valence-electron chi connectivity index (χ2n) is 5.70. The van der Waals surface area contributed by atoms with Crippen LogP contribution in [0.1, 0.15) is 31.6 Å². The molecule has 1 unspecified atom stereocenters. The predicted molar refractivity (Wildman–Crippen MR) is 85.1 cm³/mol. The van der Waals surface area contributed by atoms with Gasteiger partial charge in [-0.1, -0.05) is 13.8 Å². The van der Waals surface area contributed by atoms with Crippen molar-refractivity contribution in [2.45, 2.75) is 50.3 Å². The summed E-state index contributed by atoms with van der Waals surface area (Å²) in [4.78, 5) is 1.42. The molecule has 1 aromatic rings. The van der Waals surface area contributed by atoms with E-state index in [-0.39, 0.29) is 6.10 Å². The van der Waals surface area contributed by atoms with Crippen molar-refractivity contribution in [1.82, 2.24) is 9.62 Å². The van der Waals surface area contributed by atoms with Crippen LogP contribution in [-0.2, 0) is 21.3 Å². The van der Waals surface area contributed by atoms with Gasteiger partial charge in [-0.2, -0.15) is 4.31 Å². The Morgan fingerprint density at radius 2 is 2.29 bits per heavy atom. The van der Waals surface area contributed by atoms with Crippen molar-refractivity contribution in [2.24, 2.45) is 0 Å². The molecule has 2 rings (SSSR count). The Hall–Kier alpha value is -0.470. The minimum Gasteiger partial charge on any atom is -0.377 e. The Morgan fingerprint density at radius 1 is 1.52 bits per heavy atom. The Morgan fingerprint density at radius 3 is 2.90 bits per heavy atom. The molecule has 1 N–H and O–H groups in total. The Bertz CT molecular complexity index is 548. The van der Waals surface area contributed by atoms with Crippen molar-refractivity contribution in [3.63, 3.8) is 0 Å². The van der Waals surface area contributed by atoms with Crippen molar-refractivity contribution in [3.05, 3.63) is 16.3 Å². The third-order valence-electron chi connectivity index (χ3n) is 3.51. The Balaban J connectivity index is 2.00. The van der Waals surface area contributed by atoms with Crippen LogP contribution < -0.4 is 5.32 Å². The third-order valence-corrected chi connectivity index (χ3v) is 6.39. The van der Waals surface area contributed by atoms with Gasteiger partial charge < -0.3 is 10.1 Å². The number of thiophene rings is 1. The van der Waals surface area contributed by atoms with Crippen LogP contribution in [0.4, 0.5) is 0 Å². The number of sulfonamides is 1. The molecule has 5 nitrogen and oxygen atoms in total. The third kappa shape index (κ3) is 4.50. The van der Waals surface area contributed by atoms with Crippen molar-refractivity contribution in [3.8, 4) is 0 Å². The number of hydrogen-bond donors (Lipinski definition) is 1. The zero-order chi connectivity index (χ0) is 15.5.